The van der Waals surface area contributed by atoms with Gasteiger partial charge in [0, 0.05) is 18.5 Å². The summed E-state index contributed by atoms with van der Waals surface area (Å²) in [5.74, 6) is 0. The van der Waals surface area contributed by atoms with E-state index >= 15 is 0 Å². The second kappa shape index (κ2) is 5.34. The second-order valence-corrected chi connectivity index (χ2v) is 6.71. The molecule has 3 N–H and O–H groups in total. The Kier molecular flexibility index (Phi) is 3.66. The van der Waals surface area contributed by atoms with Gasteiger partial charge >= 0.3 is 6.03 Å². The van der Waals surface area contributed by atoms with Crippen LogP contribution in [0.25, 0.3) is 0 Å². The number of carbonyl (C=O) groups excluding carboxylic acids is 1. The summed E-state index contributed by atoms with van der Waals surface area (Å²) in [5, 5.41) is 15.7. The van der Waals surface area contributed by atoms with Gasteiger partial charge in [-0.15, -0.1) is 0 Å². The molecule has 0 atom stereocenters. The third-order valence-electron chi connectivity index (χ3n) is 5.02. The topological polar surface area (TPSA) is 61.4 Å². The van der Waals surface area contributed by atoms with Crippen molar-refractivity contribution in [1.82, 2.24) is 10.6 Å². The largest absolute Gasteiger partial charge is 0.388 e. The zero-order valence-electron chi connectivity index (χ0n) is 12.6. The highest BCUT2D eigenvalue weighted by atomic mass is 16.3. The average Bonchev–Trinajstić information content (AvgIpc) is 3.22. The van der Waals surface area contributed by atoms with Crippen molar-refractivity contribution in [2.24, 2.45) is 0 Å². The molecule has 4 nitrogen and oxygen atoms in total. The molecule has 0 bridgehead atoms. The molecule has 2 aliphatic carbocycles. The van der Waals surface area contributed by atoms with Crippen LogP contribution in [-0.4, -0.2) is 29.8 Å². The van der Waals surface area contributed by atoms with Crippen molar-refractivity contribution in [3.8, 4) is 0 Å². The van der Waals surface area contributed by atoms with E-state index in [9.17, 15) is 9.90 Å². The molecular weight excluding hydrogens is 264 g/mol. The fourth-order valence-corrected chi connectivity index (χ4v) is 3.18. The van der Waals surface area contributed by atoms with E-state index in [1.54, 1.807) is 0 Å². The number of rotatable bonds is 5. The minimum absolute atomic E-state index is 0.121. The van der Waals surface area contributed by atoms with Gasteiger partial charge in [0.25, 0.3) is 0 Å². The van der Waals surface area contributed by atoms with Crippen LogP contribution in [0.15, 0.2) is 24.3 Å². The Morgan fingerprint density at radius 3 is 2.38 bits per heavy atom. The highest BCUT2D eigenvalue weighted by Gasteiger charge is 2.45. The first-order chi connectivity index (χ1) is 10.0. The molecule has 0 aromatic heterocycles. The first-order valence-corrected chi connectivity index (χ1v) is 7.83. The predicted molar refractivity (Wildman–Crippen MR) is 82.3 cm³/mol. The Morgan fingerprint density at radius 2 is 1.81 bits per heavy atom. The van der Waals surface area contributed by atoms with E-state index in [0.29, 0.717) is 13.1 Å². The maximum atomic E-state index is 11.9. The van der Waals surface area contributed by atoms with E-state index < -0.39 is 5.60 Å². The summed E-state index contributed by atoms with van der Waals surface area (Å²) in [6.45, 7) is 3.15. The molecule has 0 heterocycles. The Morgan fingerprint density at radius 1 is 1.14 bits per heavy atom. The van der Waals surface area contributed by atoms with Crippen molar-refractivity contribution >= 4 is 6.03 Å². The SMILES string of the molecule is Cc1ccccc1C1(CNC(=O)NCC2(O)CCC2)CC1. The van der Waals surface area contributed by atoms with Crippen LogP contribution in [0.4, 0.5) is 4.79 Å². The van der Waals surface area contributed by atoms with Gasteiger partial charge in [-0.05, 0) is 50.2 Å². The van der Waals surface area contributed by atoms with Gasteiger partial charge in [-0.2, -0.15) is 0 Å². The summed E-state index contributed by atoms with van der Waals surface area (Å²) in [5.41, 5.74) is 2.10. The number of aliphatic hydroxyl groups is 1. The Hall–Kier alpha value is -1.55. The molecule has 21 heavy (non-hydrogen) atoms. The Balaban J connectivity index is 1.50. The molecule has 3 rings (SSSR count). The number of amides is 2. The smallest absolute Gasteiger partial charge is 0.314 e. The fourth-order valence-electron chi connectivity index (χ4n) is 3.18. The molecule has 0 spiro atoms. The van der Waals surface area contributed by atoms with Crippen molar-refractivity contribution in [2.75, 3.05) is 13.1 Å². The number of carbonyl (C=O) groups is 1. The van der Waals surface area contributed by atoms with Crippen molar-refractivity contribution in [3.05, 3.63) is 35.4 Å². The molecule has 2 saturated carbocycles. The molecule has 2 fully saturated rings. The molecular formula is C17H24N2O2. The molecule has 0 radical (unpaired) electrons. The van der Waals surface area contributed by atoms with Crippen LogP contribution in [0.2, 0.25) is 0 Å². The van der Waals surface area contributed by atoms with E-state index in [1.165, 1.54) is 11.1 Å². The summed E-state index contributed by atoms with van der Waals surface area (Å²) in [6.07, 6.45) is 4.89. The molecule has 0 aliphatic heterocycles. The van der Waals surface area contributed by atoms with Gasteiger partial charge < -0.3 is 15.7 Å². The van der Waals surface area contributed by atoms with Gasteiger partial charge in [-0.1, -0.05) is 24.3 Å². The van der Waals surface area contributed by atoms with Crippen LogP contribution in [0.3, 0.4) is 0 Å². The summed E-state index contributed by atoms with van der Waals surface area (Å²) >= 11 is 0. The zero-order chi connectivity index (χ0) is 14.9. The summed E-state index contributed by atoms with van der Waals surface area (Å²) in [7, 11) is 0. The number of benzene rings is 1. The lowest BCUT2D eigenvalue weighted by Gasteiger charge is -2.36. The fraction of sp³-hybridized carbons (Fsp3) is 0.588. The molecule has 0 unspecified atom stereocenters. The summed E-state index contributed by atoms with van der Waals surface area (Å²) in [4.78, 5) is 11.9. The lowest BCUT2D eigenvalue weighted by Crippen LogP contribution is -2.50. The standard InChI is InChI=1S/C17H24N2O2/c1-13-5-2-3-6-14(13)16(9-10-16)11-18-15(20)19-12-17(21)7-4-8-17/h2-3,5-6,21H,4,7-12H2,1H3,(H2,18,19,20). The van der Waals surface area contributed by atoms with Gasteiger partial charge in [0.1, 0.15) is 0 Å². The minimum Gasteiger partial charge on any atom is -0.388 e. The third kappa shape index (κ3) is 3.05. The van der Waals surface area contributed by atoms with E-state index in [2.05, 4.69) is 35.8 Å². The molecule has 2 amide bonds. The van der Waals surface area contributed by atoms with E-state index in [1.807, 2.05) is 6.07 Å². The van der Waals surface area contributed by atoms with E-state index in [-0.39, 0.29) is 11.4 Å². The second-order valence-electron chi connectivity index (χ2n) is 6.71. The minimum atomic E-state index is -0.662. The van der Waals surface area contributed by atoms with Crippen molar-refractivity contribution in [1.29, 1.82) is 0 Å². The van der Waals surface area contributed by atoms with Gasteiger partial charge in [-0.25, -0.2) is 4.79 Å². The molecule has 0 saturated heterocycles. The number of hydrogen-bond donors (Lipinski definition) is 3. The van der Waals surface area contributed by atoms with Crippen molar-refractivity contribution in [3.63, 3.8) is 0 Å². The lowest BCUT2D eigenvalue weighted by molar-refractivity contribution is -0.0290. The first-order valence-electron chi connectivity index (χ1n) is 7.83. The maximum Gasteiger partial charge on any atom is 0.314 e. The Labute approximate surface area is 125 Å². The quantitative estimate of drug-likeness (QED) is 0.778. The number of nitrogens with one attached hydrogen (secondary N) is 2. The van der Waals surface area contributed by atoms with E-state index in [0.717, 1.165) is 32.1 Å². The number of urea groups is 1. The highest BCUT2D eigenvalue weighted by Crippen LogP contribution is 2.48. The molecule has 4 heteroatoms. The number of hydrogen-bond acceptors (Lipinski definition) is 2. The third-order valence-corrected chi connectivity index (χ3v) is 5.02. The average molecular weight is 288 g/mol. The number of aryl methyl sites for hydroxylation is 1. The van der Waals surface area contributed by atoms with Crippen molar-refractivity contribution in [2.45, 2.75) is 50.0 Å². The maximum absolute atomic E-state index is 11.9. The highest BCUT2D eigenvalue weighted by molar-refractivity contribution is 5.74. The van der Waals surface area contributed by atoms with E-state index in [4.69, 9.17) is 0 Å². The zero-order valence-corrected chi connectivity index (χ0v) is 12.6. The van der Waals surface area contributed by atoms with Crippen LogP contribution in [-0.2, 0) is 5.41 Å². The first kappa shape index (κ1) is 14.4. The summed E-state index contributed by atoms with van der Waals surface area (Å²) in [6, 6.07) is 8.24. The van der Waals surface area contributed by atoms with Gasteiger partial charge in [0.15, 0.2) is 0 Å². The molecule has 2 aliphatic rings. The lowest BCUT2D eigenvalue weighted by atomic mass is 9.80. The molecule has 1 aromatic rings. The van der Waals surface area contributed by atoms with Crippen LogP contribution < -0.4 is 10.6 Å². The van der Waals surface area contributed by atoms with Crippen LogP contribution >= 0.6 is 0 Å². The van der Waals surface area contributed by atoms with Crippen LogP contribution in [0.1, 0.15) is 43.2 Å². The van der Waals surface area contributed by atoms with Gasteiger partial charge in [-0.3, -0.25) is 0 Å². The molecule has 1 aromatic carbocycles. The molecule has 114 valence electrons. The Bertz CT molecular complexity index is 533. The van der Waals surface area contributed by atoms with Gasteiger partial charge in [0.2, 0.25) is 0 Å². The van der Waals surface area contributed by atoms with Crippen LogP contribution in [0.5, 0.6) is 0 Å². The van der Waals surface area contributed by atoms with Crippen LogP contribution in [0, 0.1) is 6.92 Å². The van der Waals surface area contributed by atoms with Gasteiger partial charge in [0.05, 0.1) is 5.60 Å². The summed E-state index contributed by atoms with van der Waals surface area (Å²) < 4.78 is 0. The predicted octanol–water partition coefficient (Wildman–Crippen LogP) is 2.24. The van der Waals surface area contributed by atoms with Crippen molar-refractivity contribution < 1.29 is 9.90 Å². The normalized spacial score (nSPS) is 21.2. The monoisotopic (exact) mass is 288 g/mol.